The Morgan fingerprint density at radius 3 is 2.08 bits per heavy atom. The summed E-state index contributed by atoms with van der Waals surface area (Å²) < 4.78 is 28.9. The van der Waals surface area contributed by atoms with Crippen molar-refractivity contribution in [2.24, 2.45) is 5.92 Å². The van der Waals surface area contributed by atoms with Crippen LogP contribution in [0, 0.1) is 26.7 Å². The second-order valence-corrected chi connectivity index (χ2v) is 12.2. The van der Waals surface area contributed by atoms with Crippen LogP contribution >= 0.6 is 0 Å². The Balaban J connectivity index is 2.03. The van der Waals surface area contributed by atoms with Crippen molar-refractivity contribution in [2.45, 2.75) is 59.0 Å². The number of nitrogens with zero attached hydrogens (tertiary/aromatic N) is 2. The Labute approximate surface area is 232 Å². The van der Waals surface area contributed by atoms with Crippen molar-refractivity contribution in [2.75, 3.05) is 17.4 Å². The number of carbonyl (C=O) groups excluding carboxylic acids is 2. The summed E-state index contributed by atoms with van der Waals surface area (Å²) in [7, 11) is -4.08. The molecule has 0 radical (unpaired) electrons. The Morgan fingerprint density at radius 2 is 1.46 bits per heavy atom. The largest absolute Gasteiger partial charge is 0.354 e. The minimum Gasteiger partial charge on any atom is -0.354 e. The van der Waals surface area contributed by atoms with E-state index in [2.05, 4.69) is 5.32 Å². The van der Waals surface area contributed by atoms with Crippen LogP contribution in [0.2, 0.25) is 0 Å². The smallest absolute Gasteiger partial charge is 0.264 e. The van der Waals surface area contributed by atoms with Gasteiger partial charge < -0.3 is 10.2 Å². The molecule has 0 fully saturated rings. The first-order chi connectivity index (χ1) is 18.4. The number of nitrogens with one attached hydrogen (secondary N) is 1. The molecule has 3 aromatic rings. The van der Waals surface area contributed by atoms with Gasteiger partial charge in [-0.3, -0.25) is 13.9 Å². The van der Waals surface area contributed by atoms with E-state index in [1.165, 1.54) is 17.0 Å². The van der Waals surface area contributed by atoms with Crippen LogP contribution in [0.5, 0.6) is 0 Å². The van der Waals surface area contributed by atoms with Gasteiger partial charge in [0.25, 0.3) is 10.0 Å². The lowest BCUT2D eigenvalue weighted by molar-refractivity contribution is -0.139. The highest BCUT2D eigenvalue weighted by Gasteiger charge is 2.32. The Kier molecular flexibility index (Phi) is 9.92. The van der Waals surface area contributed by atoms with E-state index in [9.17, 15) is 18.0 Å². The maximum Gasteiger partial charge on any atom is 0.264 e. The first-order valence-electron chi connectivity index (χ1n) is 13.2. The molecule has 39 heavy (non-hydrogen) atoms. The fourth-order valence-corrected chi connectivity index (χ4v) is 5.56. The van der Waals surface area contributed by atoms with Gasteiger partial charge in [-0.25, -0.2) is 8.42 Å². The molecule has 208 valence electrons. The molecule has 8 heteroatoms. The van der Waals surface area contributed by atoms with E-state index in [4.69, 9.17) is 0 Å². The molecule has 0 heterocycles. The van der Waals surface area contributed by atoms with Crippen LogP contribution in [-0.4, -0.2) is 44.3 Å². The maximum absolute atomic E-state index is 14.0. The first-order valence-corrected chi connectivity index (χ1v) is 14.6. The number of carbonyl (C=O) groups is 2. The normalized spacial score (nSPS) is 12.2. The van der Waals surface area contributed by atoms with Gasteiger partial charge in [-0.05, 0) is 80.1 Å². The summed E-state index contributed by atoms with van der Waals surface area (Å²) in [5, 5.41) is 2.91. The molecule has 0 aliphatic carbocycles. The standard InChI is InChI=1S/C31H39N3O4S/c1-22(2)19-32-31(36)26(6)33(20-27-13-11-10-12-24(27)4)30(35)21-34(28-17-16-23(3)25(5)18-28)39(37,38)29-14-8-7-9-15-29/h7-18,22,26H,19-21H2,1-6H3,(H,32,36)/t26-/m0/s1. The van der Waals surface area contributed by atoms with E-state index in [0.29, 0.717) is 12.2 Å². The summed E-state index contributed by atoms with van der Waals surface area (Å²) in [4.78, 5) is 28.6. The molecule has 0 aliphatic heterocycles. The molecule has 2 amide bonds. The van der Waals surface area contributed by atoms with E-state index >= 15 is 0 Å². The van der Waals surface area contributed by atoms with Crippen molar-refractivity contribution in [1.82, 2.24) is 10.2 Å². The molecule has 0 spiro atoms. The van der Waals surface area contributed by atoms with Crippen LogP contribution < -0.4 is 9.62 Å². The minimum absolute atomic E-state index is 0.0872. The van der Waals surface area contributed by atoms with Gasteiger partial charge in [0.05, 0.1) is 10.6 Å². The van der Waals surface area contributed by atoms with Gasteiger partial charge in [-0.15, -0.1) is 0 Å². The fourth-order valence-electron chi connectivity index (χ4n) is 4.14. The zero-order valence-corrected chi connectivity index (χ0v) is 24.5. The highest BCUT2D eigenvalue weighted by atomic mass is 32.2. The second-order valence-electron chi connectivity index (χ2n) is 10.4. The number of hydrogen-bond donors (Lipinski definition) is 1. The molecule has 7 nitrogen and oxygen atoms in total. The third-order valence-corrected chi connectivity index (χ3v) is 8.63. The highest BCUT2D eigenvalue weighted by molar-refractivity contribution is 7.92. The molecule has 1 atom stereocenters. The molecule has 0 aromatic heterocycles. The van der Waals surface area contributed by atoms with Crippen LogP contribution in [-0.2, 0) is 26.2 Å². The SMILES string of the molecule is Cc1ccc(N(CC(=O)N(Cc2ccccc2C)[C@@H](C)C(=O)NCC(C)C)S(=O)(=O)c2ccccc2)cc1C. The van der Waals surface area contributed by atoms with Gasteiger partial charge in [-0.1, -0.05) is 62.4 Å². The van der Waals surface area contributed by atoms with Gasteiger partial charge in [-0.2, -0.15) is 0 Å². The number of rotatable bonds is 11. The van der Waals surface area contributed by atoms with Crippen molar-refractivity contribution in [3.8, 4) is 0 Å². The average molecular weight is 550 g/mol. The topological polar surface area (TPSA) is 86.8 Å². The van der Waals surface area contributed by atoms with Gasteiger partial charge in [0.1, 0.15) is 12.6 Å². The molecular weight excluding hydrogens is 510 g/mol. The predicted octanol–water partition coefficient (Wildman–Crippen LogP) is 5.00. The van der Waals surface area contributed by atoms with Crippen molar-refractivity contribution in [3.05, 3.63) is 95.1 Å². The number of hydrogen-bond acceptors (Lipinski definition) is 4. The summed E-state index contributed by atoms with van der Waals surface area (Å²) in [6.45, 7) is 11.7. The van der Waals surface area contributed by atoms with E-state index in [1.807, 2.05) is 65.0 Å². The molecule has 3 aromatic carbocycles. The molecule has 0 unspecified atom stereocenters. The van der Waals surface area contributed by atoms with Crippen molar-refractivity contribution >= 4 is 27.5 Å². The van der Waals surface area contributed by atoms with Crippen LogP contribution in [0.3, 0.4) is 0 Å². The molecule has 0 aliphatic rings. The zero-order chi connectivity index (χ0) is 28.7. The number of anilines is 1. The van der Waals surface area contributed by atoms with Gasteiger partial charge in [0.2, 0.25) is 11.8 Å². The van der Waals surface area contributed by atoms with Crippen LogP contribution in [0.25, 0.3) is 0 Å². The molecule has 0 saturated carbocycles. The lowest BCUT2D eigenvalue weighted by Gasteiger charge is -2.32. The van der Waals surface area contributed by atoms with Crippen LogP contribution in [0.1, 0.15) is 43.0 Å². The third kappa shape index (κ3) is 7.47. The monoisotopic (exact) mass is 549 g/mol. The van der Waals surface area contributed by atoms with Crippen molar-refractivity contribution < 1.29 is 18.0 Å². The van der Waals surface area contributed by atoms with Gasteiger partial charge in [0.15, 0.2) is 0 Å². The van der Waals surface area contributed by atoms with Crippen LogP contribution in [0.4, 0.5) is 5.69 Å². The lowest BCUT2D eigenvalue weighted by atomic mass is 10.1. The Bertz CT molecular complexity index is 1400. The van der Waals surface area contributed by atoms with E-state index in [1.54, 1.807) is 37.3 Å². The zero-order valence-electron chi connectivity index (χ0n) is 23.6. The summed E-state index contributed by atoms with van der Waals surface area (Å²) in [6, 6.07) is 20.2. The number of amides is 2. The predicted molar refractivity (Wildman–Crippen MR) is 156 cm³/mol. The molecule has 0 bridgehead atoms. The fraction of sp³-hybridized carbons (Fsp3) is 0.355. The van der Waals surface area contributed by atoms with Crippen molar-refractivity contribution in [1.29, 1.82) is 0 Å². The third-order valence-electron chi connectivity index (χ3n) is 6.84. The minimum atomic E-state index is -4.08. The summed E-state index contributed by atoms with van der Waals surface area (Å²) >= 11 is 0. The summed E-state index contributed by atoms with van der Waals surface area (Å²) in [5.74, 6) is -0.504. The first kappa shape index (κ1) is 29.9. The molecule has 0 saturated heterocycles. The van der Waals surface area contributed by atoms with Crippen molar-refractivity contribution in [3.63, 3.8) is 0 Å². The molecular formula is C31H39N3O4S. The molecule has 3 rings (SSSR count). The highest BCUT2D eigenvalue weighted by Crippen LogP contribution is 2.26. The van der Waals surface area contributed by atoms with Gasteiger partial charge in [0, 0.05) is 13.1 Å². The van der Waals surface area contributed by atoms with Gasteiger partial charge >= 0.3 is 0 Å². The summed E-state index contributed by atoms with van der Waals surface area (Å²) in [6.07, 6.45) is 0. The number of sulfonamides is 1. The Morgan fingerprint density at radius 1 is 0.821 bits per heavy atom. The summed E-state index contributed by atoms with van der Waals surface area (Å²) in [5.41, 5.74) is 4.18. The lowest BCUT2D eigenvalue weighted by Crippen LogP contribution is -2.51. The van der Waals surface area contributed by atoms with E-state index < -0.39 is 28.5 Å². The second kappa shape index (κ2) is 12.9. The molecule has 1 N–H and O–H groups in total. The van der Waals surface area contributed by atoms with E-state index in [-0.39, 0.29) is 23.3 Å². The maximum atomic E-state index is 14.0. The Hall–Kier alpha value is -3.65. The average Bonchev–Trinajstić information content (AvgIpc) is 2.91. The quantitative estimate of drug-likeness (QED) is 0.365. The van der Waals surface area contributed by atoms with E-state index in [0.717, 1.165) is 26.6 Å². The number of benzene rings is 3. The van der Waals surface area contributed by atoms with Crippen LogP contribution in [0.15, 0.2) is 77.7 Å². The number of aryl methyl sites for hydroxylation is 3.